The van der Waals surface area contributed by atoms with Crippen molar-refractivity contribution in [1.29, 1.82) is 0 Å². The highest BCUT2D eigenvalue weighted by Gasteiger charge is 2.34. The molecule has 106 valence electrons. The molecule has 5 nitrogen and oxygen atoms in total. The van der Waals surface area contributed by atoms with Crippen molar-refractivity contribution in [2.75, 3.05) is 13.2 Å². The highest BCUT2D eigenvalue weighted by molar-refractivity contribution is 5.83. The van der Waals surface area contributed by atoms with Crippen molar-refractivity contribution in [2.45, 2.75) is 39.9 Å². The van der Waals surface area contributed by atoms with Gasteiger partial charge >= 0.3 is 11.9 Å². The van der Waals surface area contributed by atoms with Crippen molar-refractivity contribution in [1.82, 2.24) is 0 Å². The summed E-state index contributed by atoms with van der Waals surface area (Å²) in [7, 11) is 0. The molecule has 2 unspecified atom stereocenters. The molecule has 19 heavy (non-hydrogen) atoms. The van der Waals surface area contributed by atoms with Crippen LogP contribution in [0.1, 0.15) is 27.7 Å². The number of hydrogen-bond donors (Lipinski definition) is 0. The minimum atomic E-state index is -0.544. The van der Waals surface area contributed by atoms with Crippen LogP contribution >= 0.6 is 0 Å². The van der Waals surface area contributed by atoms with Crippen LogP contribution in [0.2, 0.25) is 0 Å². The molecule has 0 N–H and O–H groups in total. The number of hydrogen-bond acceptors (Lipinski definition) is 5. The molecule has 5 heteroatoms. The molecule has 0 bridgehead atoms. The molecule has 0 spiro atoms. The van der Waals surface area contributed by atoms with E-state index < -0.39 is 24.1 Å². The van der Waals surface area contributed by atoms with Gasteiger partial charge in [0.25, 0.3) is 0 Å². The van der Waals surface area contributed by atoms with Gasteiger partial charge in [-0.1, -0.05) is 11.1 Å². The number of carbonyl (C=O) groups is 2. The number of allylic oxidation sites excluding steroid dienone is 2. The number of esters is 2. The number of ether oxygens (including phenoxy) is 3. The van der Waals surface area contributed by atoms with Crippen LogP contribution < -0.4 is 0 Å². The molecule has 1 rings (SSSR count). The highest BCUT2D eigenvalue weighted by Crippen LogP contribution is 2.15. The first-order valence-corrected chi connectivity index (χ1v) is 6.17. The molecule has 0 saturated carbocycles. The Morgan fingerprint density at radius 1 is 0.895 bits per heavy atom. The first kappa shape index (κ1) is 15.4. The van der Waals surface area contributed by atoms with Gasteiger partial charge in [-0.15, -0.1) is 0 Å². The minimum Gasteiger partial charge on any atom is -0.453 e. The lowest BCUT2D eigenvalue weighted by Crippen LogP contribution is -2.33. The van der Waals surface area contributed by atoms with Crippen LogP contribution in [0.4, 0.5) is 0 Å². The topological polar surface area (TPSA) is 61.8 Å². The first-order valence-electron chi connectivity index (χ1n) is 6.17. The Morgan fingerprint density at radius 3 is 1.58 bits per heavy atom. The molecule has 0 aromatic heterocycles. The van der Waals surface area contributed by atoms with Crippen LogP contribution in [-0.2, 0) is 23.8 Å². The third-order valence-corrected chi connectivity index (χ3v) is 2.33. The number of rotatable bonds is 4. The Balaban J connectivity index is 2.55. The average molecular weight is 268 g/mol. The molecule has 2 atom stereocenters. The quantitative estimate of drug-likeness (QED) is 0.574. The van der Waals surface area contributed by atoms with Gasteiger partial charge in [0.1, 0.15) is 0 Å². The fourth-order valence-electron chi connectivity index (χ4n) is 1.57. The first-order chi connectivity index (χ1) is 8.88. The summed E-state index contributed by atoms with van der Waals surface area (Å²) in [5, 5.41) is 0. The highest BCUT2D eigenvalue weighted by atomic mass is 16.6. The predicted molar refractivity (Wildman–Crippen MR) is 69.4 cm³/mol. The van der Waals surface area contributed by atoms with Gasteiger partial charge in [-0.05, 0) is 27.7 Å². The maximum Gasteiger partial charge on any atom is 0.331 e. The van der Waals surface area contributed by atoms with Gasteiger partial charge in [-0.3, -0.25) is 0 Å². The summed E-state index contributed by atoms with van der Waals surface area (Å²) in [5.74, 6) is -0.891. The summed E-state index contributed by atoms with van der Waals surface area (Å²) in [4.78, 5) is 23.0. The van der Waals surface area contributed by atoms with Gasteiger partial charge in [0, 0.05) is 12.2 Å². The summed E-state index contributed by atoms with van der Waals surface area (Å²) in [6, 6.07) is 0. The lowest BCUT2D eigenvalue weighted by atomic mass is 10.2. The molecule has 0 aliphatic carbocycles. The normalized spacial score (nSPS) is 21.5. The second-order valence-electron chi connectivity index (χ2n) is 4.93. The molecule has 1 fully saturated rings. The fourth-order valence-corrected chi connectivity index (χ4v) is 1.57. The van der Waals surface area contributed by atoms with E-state index >= 15 is 0 Å². The zero-order valence-electron chi connectivity index (χ0n) is 11.8. The summed E-state index contributed by atoms with van der Waals surface area (Å²) >= 11 is 0. The largest absolute Gasteiger partial charge is 0.453 e. The molecule has 0 aromatic rings. The van der Waals surface area contributed by atoms with Crippen LogP contribution in [0.5, 0.6) is 0 Å². The molecule has 0 amide bonds. The monoisotopic (exact) mass is 268 g/mol. The van der Waals surface area contributed by atoms with E-state index in [1.165, 1.54) is 12.2 Å². The SMILES string of the molecule is CC(C)=CC(=O)OC1COCC1OC(=O)C=C(C)C. The standard InChI is InChI=1S/C14H20O5/c1-9(2)5-13(15)18-11-7-17-8-12(11)19-14(16)6-10(3)4/h5-6,11-12H,7-8H2,1-4H3. The van der Waals surface area contributed by atoms with Crippen molar-refractivity contribution in [3.63, 3.8) is 0 Å². The van der Waals surface area contributed by atoms with Gasteiger partial charge in [-0.25, -0.2) is 9.59 Å². The summed E-state index contributed by atoms with van der Waals surface area (Å²) in [6.07, 6.45) is 1.70. The lowest BCUT2D eigenvalue weighted by Gasteiger charge is -2.17. The molecule has 1 aliphatic heterocycles. The molecule has 1 heterocycles. The van der Waals surface area contributed by atoms with E-state index in [0.29, 0.717) is 0 Å². The molecular weight excluding hydrogens is 248 g/mol. The zero-order chi connectivity index (χ0) is 14.4. The molecule has 0 radical (unpaired) electrons. The van der Waals surface area contributed by atoms with Gasteiger partial charge in [-0.2, -0.15) is 0 Å². The second kappa shape index (κ2) is 7.09. The molecule has 1 aliphatic rings. The van der Waals surface area contributed by atoms with E-state index in [9.17, 15) is 9.59 Å². The summed E-state index contributed by atoms with van der Waals surface area (Å²) in [5.41, 5.74) is 1.70. The van der Waals surface area contributed by atoms with E-state index in [2.05, 4.69) is 0 Å². The maximum absolute atomic E-state index is 11.5. The van der Waals surface area contributed by atoms with E-state index in [-0.39, 0.29) is 13.2 Å². The Morgan fingerprint density at radius 2 is 1.26 bits per heavy atom. The maximum atomic E-state index is 11.5. The number of carbonyl (C=O) groups excluding carboxylic acids is 2. The van der Waals surface area contributed by atoms with Gasteiger partial charge < -0.3 is 14.2 Å². The Bertz CT molecular complexity index is 362. The van der Waals surface area contributed by atoms with E-state index in [4.69, 9.17) is 14.2 Å². The van der Waals surface area contributed by atoms with E-state index in [1.807, 2.05) is 0 Å². The van der Waals surface area contributed by atoms with E-state index in [0.717, 1.165) is 11.1 Å². The van der Waals surface area contributed by atoms with Crippen LogP contribution in [-0.4, -0.2) is 37.4 Å². The van der Waals surface area contributed by atoms with Crippen molar-refractivity contribution in [3.05, 3.63) is 23.3 Å². The van der Waals surface area contributed by atoms with Crippen LogP contribution in [0.25, 0.3) is 0 Å². The fraction of sp³-hybridized carbons (Fsp3) is 0.571. The predicted octanol–water partition coefficient (Wildman–Crippen LogP) is 1.77. The van der Waals surface area contributed by atoms with Gasteiger partial charge in [0.15, 0.2) is 12.2 Å². The zero-order valence-corrected chi connectivity index (χ0v) is 11.8. The Kier molecular flexibility index (Phi) is 5.76. The van der Waals surface area contributed by atoms with Gasteiger partial charge in [0.2, 0.25) is 0 Å². The summed E-state index contributed by atoms with van der Waals surface area (Å²) in [6.45, 7) is 7.71. The van der Waals surface area contributed by atoms with Crippen LogP contribution in [0.15, 0.2) is 23.3 Å². The van der Waals surface area contributed by atoms with E-state index in [1.54, 1.807) is 27.7 Å². The Labute approximate surface area is 113 Å². The molecular formula is C14H20O5. The second-order valence-corrected chi connectivity index (χ2v) is 4.93. The van der Waals surface area contributed by atoms with Crippen LogP contribution in [0, 0.1) is 0 Å². The van der Waals surface area contributed by atoms with Crippen molar-refractivity contribution < 1.29 is 23.8 Å². The third-order valence-electron chi connectivity index (χ3n) is 2.33. The average Bonchev–Trinajstić information content (AvgIpc) is 2.62. The molecule has 0 aromatic carbocycles. The van der Waals surface area contributed by atoms with Crippen molar-refractivity contribution >= 4 is 11.9 Å². The minimum absolute atomic E-state index is 0.245. The lowest BCUT2D eigenvalue weighted by molar-refractivity contribution is -0.157. The molecule has 1 saturated heterocycles. The van der Waals surface area contributed by atoms with Crippen LogP contribution in [0.3, 0.4) is 0 Å². The van der Waals surface area contributed by atoms with Crippen molar-refractivity contribution in [3.8, 4) is 0 Å². The Hall–Kier alpha value is -1.62. The van der Waals surface area contributed by atoms with Crippen molar-refractivity contribution in [2.24, 2.45) is 0 Å². The van der Waals surface area contributed by atoms with Gasteiger partial charge in [0.05, 0.1) is 13.2 Å². The third kappa shape index (κ3) is 5.70. The smallest absolute Gasteiger partial charge is 0.331 e. The summed E-state index contributed by atoms with van der Waals surface area (Å²) < 4.78 is 15.6.